The van der Waals surface area contributed by atoms with E-state index in [9.17, 15) is 18.0 Å². The van der Waals surface area contributed by atoms with Gasteiger partial charge in [-0.05, 0) is 75.2 Å². The SMILES string of the molecule is CC/C(=C(\C1=Cc2ccccc2CNC1)c1ccc(/C=C/C(=O)O)cc1)c1ccc(Cl)cc1C(F)(F)F. The predicted octanol–water partition coefficient (Wildman–Crippen LogP) is 7.96. The van der Waals surface area contributed by atoms with Crippen LogP contribution in [0.15, 0.2) is 78.4 Å². The van der Waals surface area contributed by atoms with Crippen molar-refractivity contribution in [1.82, 2.24) is 5.32 Å². The van der Waals surface area contributed by atoms with Gasteiger partial charge in [0.15, 0.2) is 0 Å². The Kier molecular flexibility index (Phi) is 8.00. The maximum absolute atomic E-state index is 14.1. The van der Waals surface area contributed by atoms with Gasteiger partial charge in [0.1, 0.15) is 0 Å². The van der Waals surface area contributed by atoms with Crippen LogP contribution in [0.1, 0.15) is 46.7 Å². The molecule has 3 aromatic carbocycles. The van der Waals surface area contributed by atoms with Gasteiger partial charge in [-0.1, -0.05) is 73.1 Å². The summed E-state index contributed by atoms with van der Waals surface area (Å²) in [4.78, 5) is 10.9. The highest BCUT2D eigenvalue weighted by Gasteiger charge is 2.35. The normalized spacial score (nSPS) is 14.6. The second kappa shape index (κ2) is 11.2. The van der Waals surface area contributed by atoms with Crippen molar-refractivity contribution in [2.45, 2.75) is 26.1 Å². The third-order valence-corrected chi connectivity index (χ3v) is 6.46. The summed E-state index contributed by atoms with van der Waals surface area (Å²) < 4.78 is 42.4. The number of benzene rings is 3. The standard InChI is InChI=1S/C30H25ClF3NO2/c1-2-25(26-13-12-24(31)16-27(26)30(32,33)34)29(20-10-7-19(8-11-20)9-14-28(36)37)23-15-21-5-3-4-6-22(21)17-35-18-23/h3-16,35H,2,17-18H2,1H3,(H,36,37)/b14-9+,29-25+. The van der Waals surface area contributed by atoms with E-state index in [0.717, 1.165) is 34.4 Å². The summed E-state index contributed by atoms with van der Waals surface area (Å²) in [7, 11) is 0. The molecular formula is C30H25ClF3NO2. The van der Waals surface area contributed by atoms with Crippen LogP contribution < -0.4 is 5.32 Å². The average molecular weight is 524 g/mol. The van der Waals surface area contributed by atoms with Crippen molar-refractivity contribution in [3.63, 3.8) is 0 Å². The lowest BCUT2D eigenvalue weighted by molar-refractivity contribution is -0.137. The van der Waals surface area contributed by atoms with Crippen molar-refractivity contribution >= 4 is 40.9 Å². The molecule has 1 aliphatic heterocycles. The van der Waals surface area contributed by atoms with Gasteiger partial charge >= 0.3 is 12.1 Å². The number of rotatable bonds is 6. The first kappa shape index (κ1) is 26.5. The molecule has 0 spiro atoms. The summed E-state index contributed by atoms with van der Waals surface area (Å²) in [5, 5.41) is 12.4. The molecule has 0 aromatic heterocycles. The fourth-order valence-corrected chi connectivity index (χ4v) is 4.74. The summed E-state index contributed by atoms with van der Waals surface area (Å²) in [5.41, 5.74) is 4.93. The van der Waals surface area contributed by atoms with Gasteiger partial charge in [0, 0.05) is 24.2 Å². The van der Waals surface area contributed by atoms with Gasteiger partial charge in [-0.25, -0.2) is 4.79 Å². The number of allylic oxidation sites excluding steroid dienone is 1. The number of carbonyl (C=O) groups is 1. The van der Waals surface area contributed by atoms with Crippen LogP contribution in [0.5, 0.6) is 0 Å². The summed E-state index contributed by atoms with van der Waals surface area (Å²) in [6, 6.07) is 18.9. The zero-order valence-electron chi connectivity index (χ0n) is 20.1. The molecule has 0 bridgehead atoms. The number of hydrogen-bond donors (Lipinski definition) is 2. The topological polar surface area (TPSA) is 49.3 Å². The van der Waals surface area contributed by atoms with Gasteiger partial charge < -0.3 is 10.4 Å². The smallest absolute Gasteiger partial charge is 0.417 e. The van der Waals surface area contributed by atoms with Crippen molar-refractivity contribution in [3.05, 3.63) is 117 Å². The molecule has 0 aliphatic carbocycles. The minimum atomic E-state index is -4.58. The summed E-state index contributed by atoms with van der Waals surface area (Å²) >= 11 is 5.98. The molecule has 2 N–H and O–H groups in total. The number of fused-ring (bicyclic) bond motifs is 1. The number of alkyl halides is 3. The Morgan fingerprint density at radius 1 is 1.05 bits per heavy atom. The van der Waals surface area contributed by atoms with Crippen LogP contribution in [0, 0.1) is 0 Å². The molecule has 0 saturated carbocycles. The van der Waals surface area contributed by atoms with Crippen LogP contribution in [0.4, 0.5) is 13.2 Å². The van der Waals surface area contributed by atoms with Gasteiger partial charge in [-0.2, -0.15) is 13.2 Å². The first-order valence-corrected chi connectivity index (χ1v) is 12.2. The van der Waals surface area contributed by atoms with Crippen LogP contribution in [0.25, 0.3) is 23.3 Å². The number of carboxylic acid groups (broad SMARTS) is 1. The minimum absolute atomic E-state index is 0.0203. The molecule has 4 rings (SSSR count). The molecule has 37 heavy (non-hydrogen) atoms. The van der Waals surface area contributed by atoms with Crippen LogP contribution in [0.2, 0.25) is 5.02 Å². The highest BCUT2D eigenvalue weighted by molar-refractivity contribution is 6.30. The van der Waals surface area contributed by atoms with E-state index in [2.05, 4.69) is 5.32 Å². The lowest BCUT2D eigenvalue weighted by Gasteiger charge is -2.22. The summed E-state index contributed by atoms with van der Waals surface area (Å²) in [6.07, 6.45) is 0.308. The number of halogens is 4. The van der Waals surface area contributed by atoms with Gasteiger partial charge in [0.2, 0.25) is 0 Å². The molecule has 0 unspecified atom stereocenters. The number of aliphatic carboxylic acids is 1. The molecule has 190 valence electrons. The first-order chi connectivity index (χ1) is 17.7. The van der Waals surface area contributed by atoms with Crippen molar-refractivity contribution in [1.29, 1.82) is 0 Å². The van der Waals surface area contributed by atoms with Gasteiger partial charge in [-0.3, -0.25) is 0 Å². The van der Waals surface area contributed by atoms with E-state index in [4.69, 9.17) is 16.7 Å². The number of hydrogen-bond acceptors (Lipinski definition) is 2. The molecule has 0 saturated heterocycles. The van der Waals surface area contributed by atoms with E-state index >= 15 is 0 Å². The lowest BCUT2D eigenvalue weighted by atomic mass is 9.85. The Morgan fingerprint density at radius 2 is 1.78 bits per heavy atom. The van der Waals surface area contributed by atoms with Crippen molar-refractivity contribution in [3.8, 4) is 0 Å². The fourth-order valence-electron chi connectivity index (χ4n) is 4.57. The number of nitrogens with one attached hydrogen (secondary N) is 1. The molecule has 0 radical (unpaired) electrons. The molecule has 1 aliphatic rings. The van der Waals surface area contributed by atoms with Crippen molar-refractivity contribution < 1.29 is 23.1 Å². The quantitative estimate of drug-likeness (QED) is 0.254. The van der Waals surface area contributed by atoms with E-state index in [-0.39, 0.29) is 10.6 Å². The van der Waals surface area contributed by atoms with Crippen LogP contribution in [-0.4, -0.2) is 17.6 Å². The van der Waals surface area contributed by atoms with Crippen molar-refractivity contribution in [2.75, 3.05) is 6.54 Å². The van der Waals surface area contributed by atoms with E-state index in [1.165, 1.54) is 18.2 Å². The van der Waals surface area contributed by atoms with E-state index < -0.39 is 17.7 Å². The Bertz CT molecular complexity index is 1400. The molecule has 0 amide bonds. The zero-order chi connectivity index (χ0) is 26.6. The molecular weight excluding hydrogens is 499 g/mol. The highest BCUT2D eigenvalue weighted by Crippen LogP contribution is 2.42. The van der Waals surface area contributed by atoms with Crippen LogP contribution in [0.3, 0.4) is 0 Å². The third-order valence-electron chi connectivity index (χ3n) is 6.22. The van der Waals surface area contributed by atoms with Crippen LogP contribution in [-0.2, 0) is 17.5 Å². The van der Waals surface area contributed by atoms with Gasteiger partial charge in [-0.15, -0.1) is 0 Å². The van der Waals surface area contributed by atoms with Gasteiger partial charge in [0.05, 0.1) is 5.56 Å². The largest absolute Gasteiger partial charge is 0.478 e. The van der Waals surface area contributed by atoms with E-state index in [1.54, 1.807) is 12.1 Å². The Balaban J connectivity index is 1.98. The molecule has 3 aromatic rings. The van der Waals surface area contributed by atoms with Crippen molar-refractivity contribution in [2.24, 2.45) is 0 Å². The van der Waals surface area contributed by atoms with Gasteiger partial charge in [0.25, 0.3) is 0 Å². The van der Waals surface area contributed by atoms with Crippen LogP contribution >= 0.6 is 11.6 Å². The number of carboxylic acids is 1. The molecule has 0 atom stereocenters. The average Bonchev–Trinajstić information content (AvgIpc) is 3.08. The maximum atomic E-state index is 14.1. The highest BCUT2D eigenvalue weighted by atomic mass is 35.5. The Labute approximate surface area is 218 Å². The minimum Gasteiger partial charge on any atom is -0.478 e. The second-order valence-electron chi connectivity index (χ2n) is 8.66. The lowest BCUT2D eigenvalue weighted by Crippen LogP contribution is -2.16. The maximum Gasteiger partial charge on any atom is 0.417 e. The second-order valence-corrected chi connectivity index (χ2v) is 9.10. The third kappa shape index (κ3) is 6.21. The Morgan fingerprint density at radius 3 is 2.46 bits per heavy atom. The summed E-state index contributed by atoms with van der Waals surface area (Å²) in [5.74, 6) is -1.06. The summed E-state index contributed by atoms with van der Waals surface area (Å²) in [6.45, 7) is 2.94. The first-order valence-electron chi connectivity index (χ1n) is 11.8. The molecule has 1 heterocycles. The molecule has 0 fully saturated rings. The fraction of sp³-hybridized carbons (Fsp3) is 0.167. The predicted molar refractivity (Wildman–Crippen MR) is 143 cm³/mol. The molecule has 3 nitrogen and oxygen atoms in total. The van der Waals surface area contributed by atoms with E-state index in [1.807, 2.05) is 49.4 Å². The Hall–Kier alpha value is -3.61. The molecule has 7 heteroatoms. The monoisotopic (exact) mass is 523 g/mol. The zero-order valence-corrected chi connectivity index (χ0v) is 20.8. The van der Waals surface area contributed by atoms with E-state index in [0.29, 0.717) is 36.2 Å².